The van der Waals surface area contributed by atoms with Crippen LogP contribution in [0.5, 0.6) is 0 Å². The zero-order valence-corrected chi connectivity index (χ0v) is 18.6. The lowest BCUT2D eigenvalue weighted by Crippen LogP contribution is -2.56. The monoisotopic (exact) mass is 489 g/mol. The number of hydrogen-bond donors (Lipinski definition) is 3. The zero-order chi connectivity index (χ0) is 24.7. The first-order valence-corrected chi connectivity index (χ1v) is 11.0. The molecule has 3 aliphatic heterocycles. The van der Waals surface area contributed by atoms with Gasteiger partial charge < -0.3 is 20.0 Å². The molecule has 184 valence electrons. The molecule has 2 unspecified atom stereocenters. The molecule has 13 heteroatoms. The van der Waals surface area contributed by atoms with Crippen LogP contribution in [0.1, 0.15) is 12.3 Å². The number of nitrogens with zero attached hydrogens (tertiary/aromatic N) is 4. The van der Waals surface area contributed by atoms with E-state index in [4.69, 9.17) is 4.42 Å². The molecule has 35 heavy (non-hydrogen) atoms. The van der Waals surface area contributed by atoms with Gasteiger partial charge in [-0.2, -0.15) is 13.2 Å². The van der Waals surface area contributed by atoms with Gasteiger partial charge in [-0.15, -0.1) is 0 Å². The molecule has 1 saturated heterocycles. The number of alkyl halides is 3. The molecule has 5 rings (SSSR count). The Bertz CT molecular complexity index is 1220. The van der Waals surface area contributed by atoms with Crippen LogP contribution in [-0.4, -0.2) is 69.6 Å². The fraction of sp³-hybridized carbons (Fsp3) is 0.364. The number of amides is 3. The number of rotatable bonds is 4. The number of oxazole rings is 1. The summed E-state index contributed by atoms with van der Waals surface area (Å²) in [5, 5.41) is 7.60. The Labute approximate surface area is 197 Å². The van der Waals surface area contributed by atoms with Crippen molar-refractivity contribution in [2.75, 3.05) is 25.0 Å². The van der Waals surface area contributed by atoms with Gasteiger partial charge in [0.2, 0.25) is 5.91 Å². The SMILES string of the molecule is Cc1ncc(-c2ccnc(NC(=O)N3C4=C(C=CC(C(=O)NCC(F)(F)F)N4)N4CCC3C4)c2)o1. The van der Waals surface area contributed by atoms with E-state index in [0.717, 1.165) is 0 Å². The third kappa shape index (κ3) is 4.66. The van der Waals surface area contributed by atoms with E-state index < -0.39 is 30.7 Å². The molecule has 0 spiro atoms. The Kier molecular flexibility index (Phi) is 5.61. The Balaban J connectivity index is 1.35. The van der Waals surface area contributed by atoms with Gasteiger partial charge in [-0.1, -0.05) is 6.08 Å². The Morgan fingerprint density at radius 1 is 1.31 bits per heavy atom. The first-order valence-electron chi connectivity index (χ1n) is 11.0. The highest BCUT2D eigenvalue weighted by atomic mass is 19.4. The standard InChI is InChI=1S/C22H22F3N7O3/c1-12-27-9-17(35-12)13-4-6-26-18(8-13)30-21(34)32-14-5-7-31(10-14)16-3-2-15(29-19(16)32)20(33)28-11-22(23,24)25/h2-4,6,8-9,14-15,29H,5,7,10-11H2,1H3,(H,28,33)(H,26,30,34). The van der Waals surface area contributed by atoms with E-state index in [1.807, 2.05) is 5.32 Å². The summed E-state index contributed by atoms with van der Waals surface area (Å²) in [7, 11) is 0. The van der Waals surface area contributed by atoms with Crippen molar-refractivity contribution in [3.63, 3.8) is 0 Å². The maximum atomic E-state index is 13.4. The second-order valence-corrected chi connectivity index (χ2v) is 8.41. The third-order valence-electron chi connectivity index (χ3n) is 5.96. The zero-order valence-electron chi connectivity index (χ0n) is 18.6. The van der Waals surface area contributed by atoms with Crippen LogP contribution in [0.2, 0.25) is 0 Å². The van der Waals surface area contributed by atoms with Crippen molar-refractivity contribution >= 4 is 17.8 Å². The van der Waals surface area contributed by atoms with Gasteiger partial charge in [0.25, 0.3) is 0 Å². The van der Waals surface area contributed by atoms with Gasteiger partial charge >= 0.3 is 12.2 Å². The minimum absolute atomic E-state index is 0.174. The second kappa shape index (κ2) is 8.64. The number of dihydropyridines is 1. The number of aryl methyl sites for hydroxylation is 1. The van der Waals surface area contributed by atoms with E-state index in [1.54, 1.807) is 31.3 Å². The third-order valence-corrected chi connectivity index (χ3v) is 5.96. The van der Waals surface area contributed by atoms with Crippen molar-refractivity contribution in [3.05, 3.63) is 54.1 Å². The highest BCUT2D eigenvalue weighted by Crippen LogP contribution is 2.33. The van der Waals surface area contributed by atoms with E-state index in [0.29, 0.717) is 48.2 Å². The number of halogens is 3. The number of carbonyl (C=O) groups is 2. The molecular weight excluding hydrogens is 467 g/mol. The molecule has 3 aliphatic rings. The van der Waals surface area contributed by atoms with Gasteiger partial charge in [0, 0.05) is 31.8 Å². The number of hydrogen-bond acceptors (Lipinski definition) is 7. The van der Waals surface area contributed by atoms with E-state index >= 15 is 0 Å². The summed E-state index contributed by atoms with van der Waals surface area (Å²) in [5.41, 5.74) is 1.38. The fourth-order valence-corrected chi connectivity index (χ4v) is 4.37. The van der Waals surface area contributed by atoms with Crippen LogP contribution < -0.4 is 16.0 Å². The van der Waals surface area contributed by atoms with Crippen molar-refractivity contribution in [2.45, 2.75) is 31.6 Å². The molecule has 3 amide bonds. The van der Waals surface area contributed by atoms with Crippen LogP contribution >= 0.6 is 0 Å². The maximum Gasteiger partial charge on any atom is 0.405 e. The predicted octanol–water partition coefficient (Wildman–Crippen LogP) is 2.34. The molecule has 0 radical (unpaired) electrons. The van der Waals surface area contributed by atoms with Crippen molar-refractivity contribution < 1.29 is 27.2 Å². The molecule has 3 N–H and O–H groups in total. The van der Waals surface area contributed by atoms with Crippen LogP contribution in [0.4, 0.5) is 23.8 Å². The largest absolute Gasteiger partial charge is 0.441 e. The molecular formula is C22H22F3N7O3. The highest BCUT2D eigenvalue weighted by Gasteiger charge is 2.43. The smallest absolute Gasteiger partial charge is 0.405 e. The summed E-state index contributed by atoms with van der Waals surface area (Å²) in [6.07, 6.45) is 2.44. The first-order chi connectivity index (χ1) is 16.7. The molecule has 2 bridgehead atoms. The lowest BCUT2D eigenvalue weighted by atomic mass is 10.1. The van der Waals surface area contributed by atoms with Gasteiger partial charge in [0.05, 0.1) is 17.9 Å². The number of carbonyl (C=O) groups excluding carboxylic acids is 2. The Hall–Kier alpha value is -4.03. The van der Waals surface area contributed by atoms with Gasteiger partial charge in [0.15, 0.2) is 11.7 Å². The Morgan fingerprint density at radius 3 is 2.89 bits per heavy atom. The quantitative estimate of drug-likeness (QED) is 0.604. The average Bonchev–Trinajstić information content (AvgIpc) is 3.44. The molecule has 5 heterocycles. The fourth-order valence-electron chi connectivity index (χ4n) is 4.37. The average molecular weight is 489 g/mol. The lowest BCUT2D eigenvalue weighted by Gasteiger charge is -2.40. The van der Waals surface area contributed by atoms with E-state index in [-0.39, 0.29) is 11.9 Å². The van der Waals surface area contributed by atoms with Gasteiger partial charge in [-0.25, -0.2) is 14.8 Å². The van der Waals surface area contributed by atoms with Crippen LogP contribution in [0.3, 0.4) is 0 Å². The summed E-state index contributed by atoms with van der Waals surface area (Å²) in [5.74, 6) is 0.853. The number of nitrogens with one attached hydrogen (secondary N) is 3. The first kappa shape index (κ1) is 22.7. The summed E-state index contributed by atoms with van der Waals surface area (Å²) in [6.45, 7) is 1.61. The highest BCUT2D eigenvalue weighted by molar-refractivity contribution is 5.91. The van der Waals surface area contributed by atoms with Crippen molar-refractivity contribution in [1.29, 1.82) is 0 Å². The van der Waals surface area contributed by atoms with Crippen LogP contribution in [0.15, 0.2) is 52.6 Å². The molecule has 0 aromatic carbocycles. The minimum atomic E-state index is -4.52. The van der Waals surface area contributed by atoms with Crippen molar-refractivity contribution in [1.82, 2.24) is 30.4 Å². The molecule has 2 atom stereocenters. The normalized spacial score (nSPS) is 21.0. The second-order valence-electron chi connectivity index (χ2n) is 8.41. The summed E-state index contributed by atoms with van der Waals surface area (Å²) in [4.78, 5) is 37.6. The number of allylic oxidation sites excluding steroid dienone is 1. The van der Waals surface area contributed by atoms with Gasteiger partial charge in [-0.05, 0) is 24.6 Å². The van der Waals surface area contributed by atoms with Crippen LogP contribution in [-0.2, 0) is 4.79 Å². The topological polar surface area (TPSA) is 116 Å². The van der Waals surface area contributed by atoms with Crippen molar-refractivity contribution in [2.24, 2.45) is 0 Å². The Morgan fingerprint density at radius 2 is 2.14 bits per heavy atom. The summed E-state index contributed by atoms with van der Waals surface area (Å²) < 4.78 is 43.1. The van der Waals surface area contributed by atoms with Gasteiger partial charge in [0.1, 0.15) is 24.2 Å². The van der Waals surface area contributed by atoms with E-state index in [1.165, 1.54) is 17.2 Å². The number of pyridine rings is 1. The maximum absolute atomic E-state index is 13.4. The number of fused-ring (bicyclic) bond motifs is 3. The number of anilines is 1. The number of aromatic nitrogens is 2. The number of urea groups is 1. The molecule has 0 aliphatic carbocycles. The molecule has 1 fully saturated rings. The molecule has 2 aromatic rings. The van der Waals surface area contributed by atoms with E-state index in [9.17, 15) is 22.8 Å². The minimum Gasteiger partial charge on any atom is -0.441 e. The van der Waals surface area contributed by atoms with Crippen LogP contribution in [0, 0.1) is 6.92 Å². The lowest BCUT2D eigenvalue weighted by molar-refractivity contribution is -0.138. The molecule has 2 aromatic heterocycles. The van der Waals surface area contributed by atoms with Crippen LogP contribution in [0.25, 0.3) is 11.3 Å². The predicted molar refractivity (Wildman–Crippen MR) is 117 cm³/mol. The van der Waals surface area contributed by atoms with Gasteiger partial charge in [-0.3, -0.25) is 15.0 Å². The van der Waals surface area contributed by atoms with Crippen molar-refractivity contribution in [3.8, 4) is 11.3 Å². The molecule has 0 saturated carbocycles. The summed E-state index contributed by atoms with van der Waals surface area (Å²) in [6, 6.07) is 1.68. The molecule has 10 nitrogen and oxygen atoms in total. The van der Waals surface area contributed by atoms with E-state index in [2.05, 4.69) is 25.5 Å². The summed E-state index contributed by atoms with van der Waals surface area (Å²) >= 11 is 0.